The van der Waals surface area contributed by atoms with Crippen molar-refractivity contribution < 1.29 is 13.6 Å². The van der Waals surface area contributed by atoms with Gasteiger partial charge in [-0.2, -0.15) is 0 Å². The smallest absolute Gasteiger partial charge is 0.241 e. The Morgan fingerprint density at radius 3 is 2.52 bits per heavy atom. The molecule has 1 aliphatic heterocycles. The molecule has 1 aliphatic rings. The van der Waals surface area contributed by atoms with E-state index in [1.807, 2.05) is 35.2 Å². The number of benzene rings is 2. The predicted molar refractivity (Wildman–Crippen MR) is 112 cm³/mol. The Balaban J connectivity index is 1.61. The van der Waals surface area contributed by atoms with Gasteiger partial charge in [0.25, 0.3) is 0 Å². The standard InChI is InChI=1S/C23H29F2N3O/c1-3-27(4-2)22(18-8-6-5-7-9-18)23(29)26-15-17-12-13-28(16-17)19-10-11-20(24)21(25)14-19/h5-11,14,17,22H,3-4,12-13,15-16H2,1-2H3,(H,26,29). The first-order valence-electron chi connectivity index (χ1n) is 10.3. The van der Waals surface area contributed by atoms with Gasteiger partial charge in [-0.25, -0.2) is 8.78 Å². The molecule has 2 aromatic rings. The lowest BCUT2D eigenvalue weighted by molar-refractivity contribution is -0.126. The van der Waals surface area contributed by atoms with Crippen molar-refractivity contribution in [3.05, 3.63) is 65.7 Å². The van der Waals surface area contributed by atoms with Gasteiger partial charge in [-0.1, -0.05) is 44.2 Å². The number of anilines is 1. The van der Waals surface area contributed by atoms with Crippen molar-refractivity contribution in [1.82, 2.24) is 10.2 Å². The maximum atomic E-state index is 13.5. The number of rotatable bonds is 8. The molecule has 0 aliphatic carbocycles. The van der Waals surface area contributed by atoms with E-state index in [1.54, 1.807) is 6.07 Å². The Morgan fingerprint density at radius 1 is 1.14 bits per heavy atom. The molecule has 3 rings (SSSR count). The molecule has 4 nitrogen and oxygen atoms in total. The van der Waals surface area contributed by atoms with Crippen LogP contribution in [0, 0.1) is 17.6 Å². The maximum Gasteiger partial charge on any atom is 0.241 e. The van der Waals surface area contributed by atoms with Crippen LogP contribution >= 0.6 is 0 Å². The van der Waals surface area contributed by atoms with Gasteiger partial charge in [-0.15, -0.1) is 0 Å². The Kier molecular flexibility index (Phi) is 7.20. The summed E-state index contributed by atoms with van der Waals surface area (Å²) in [7, 11) is 0. The van der Waals surface area contributed by atoms with Crippen LogP contribution in [0.2, 0.25) is 0 Å². The highest BCUT2D eigenvalue weighted by molar-refractivity contribution is 5.83. The molecule has 29 heavy (non-hydrogen) atoms. The number of nitrogens with one attached hydrogen (secondary N) is 1. The highest BCUT2D eigenvalue weighted by Gasteiger charge is 2.28. The van der Waals surface area contributed by atoms with Gasteiger partial charge < -0.3 is 10.2 Å². The van der Waals surface area contributed by atoms with Gasteiger partial charge in [0.05, 0.1) is 0 Å². The first kappa shape index (κ1) is 21.2. The summed E-state index contributed by atoms with van der Waals surface area (Å²) in [5, 5.41) is 3.12. The summed E-state index contributed by atoms with van der Waals surface area (Å²) in [6.45, 7) is 7.75. The molecular weight excluding hydrogens is 372 g/mol. The van der Waals surface area contributed by atoms with Crippen LogP contribution in [0.1, 0.15) is 31.9 Å². The normalized spacial score (nSPS) is 17.6. The fourth-order valence-corrected chi connectivity index (χ4v) is 4.01. The van der Waals surface area contributed by atoms with E-state index in [0.29, 0.717) is 18.8 Å². The zero-order valence-corrected chi connectivity index (χ0v) is 17.1. The van der Waals surface area contributed by atoms with Crippen LogP contribution in [-0.4, -0.2) is 43.5 Å². The van der Waals surface area contributed by atoms with Crippen LogP contribution in [-0.2, 0) is 4.79 Å². The molecule has 0 bridgehead atoms. The fourth-order valence-electron chi connectivity index (χ4n) is 4.01. The maximum absolute atomic E-state index is 13.5. The van der Waals surface area contributed by atoms with Crippen LogP contribution in [0.25, 0.3) is 0 Å². The summed E-state index contributed by atoms with van der Waals surface area (Å²) in [6.07, 6.45) is 0.903. The molecule has 2 atom stereocenters. The SMILES string of the molecule is CCN(CC)C(C(=O)NCC1CCN(c2ccc(F)c(F)c2)C1)c1ccccc1. The van der Waals surface area contributed by atoms with Gasteiger partial charge >= 0.3 is 0 Å². The Hall–Kier alpha value is -2.47. The lowest BCUT2D eigenvalue weighted by atomic mass is 10.0. The predicted octanol–water partition coefficient (Wildman–Crippen LogP) is 3.99. The molecular formula is C23H29F2N3O. The zero-order chi connectivity index (χ0) is 20.8. The molecule has 1 saturated heterocycles. The molecule has 1 heterocycles. The molecule has 0 saturated carbocycles. The van der Waals surface area contributed by atoms with Crippen LogP contribution < -0.4 is 10.2 Å². The number of hydrogen-bond donors (Lipinski definition) is 1. The number of halogens is 2. The van der Waals surface area contributed by atoms with E-state index in [2.05, 4.69) is 24.1 Å². The molecule has 6 heteroatoms. The third-order valence-electron chi connectivity index (χ3n) is 5.66. The minimum atomic E-state index is -0.833. The zero-order valence-electron chi connectivity index (χ0n) is 17.1. The number of amides is 1. The highest BCUT2D eigenvalue weighted by atomic mass is 19.2. The summed E-state index contributed by atoms with van der Waals surface area (Å²) < 4.78 is 26.7. The van der Waals surface area contributed by atoms with Crippen molar-refractivity contribution in [2.24, 2.45) is 5.92 Å². The summed E-state index contributed by atoms with van der Waals surface area (Å²) in [5.41, 5.74) is 1.67. The van der Waals surface area contributed by atoms with Gasteiger partial charge in [0.1, 0.15) is 6.04 Å². The Morgan fingerprint density at radius 2 is 1.86 bits per heavy atom. The number of likely N-dealkylation sites (N-methyl/N-ethyl adjacent to an activating group) is 1. The number of hydrogen-bond acceptors (Lipinski definition) is 3. The lowest BCUT2D eigenvalue weighted by Gasteiger charge is -2.29. The quantitative estimate of drug-likeness (QED) is 0.727. The average molecular weight is 402 g/mol. The third kappa shape index (κ3) is 5.12. The molecule has 2 aromatic carbocycles. The Labute approximate surface area is 171 Å². The Bertz CT molecular complexity index is 811. The average Bonchev–Trinajstić information content (AvgIpc) is 3.22. The van der Waals surface area contributed by atoms with Crippen LogP contribution in [0.3, 0.4) is 0 Å². The largest absolute Gasteiger partial charge is 0.371 e. The molecule has 1 N–H and O–H groups in total. The topological polar surface area (TPSA) is 35.6 Å². The van der Waals surface area contributed by atoms with E-state index >= 15 is 0 Å². The second kappa shape index (κ2) is 9.83. The number of carbonyl (C=O) groups is 1. The highest BCUT2D eigenvalue weighted by Crippen LogP contribution is 2.26. The van der Waals surface area contributed by atoms with Crippen molar-refractivity contribution in [2.45, 2.75) is 26.3 Å². The van der Waals surface area contributed by atoms with Crippen LogP contribution in [0.15, 0.2) is 48.5 Å². The van der Waals surface area contributed by atoms with Crippen molar-refractivity contribution in [3.8, 4) is 0 Å². The lowest BCUT2D eigenvalue weighted by Crippen LogP contribution is -2.42. The summed E-state index contributed by atoms with van der Waals surface area (Å²) in [6, 6.07) is 13.5. The van der Waals surface area contributed by atoms with Gasteiger partial charge in [0, 0.05) is 31.4 Å². The molecule has 0 spiro atoms. The molecule has 0 radical (unpaired) electrons. The monoisotopic (exact) mass is 401 g/mol. The van der Waals surface area contributed by atoms with Crippen molar-refractivity contribution in [3.63, 3.8) is 0 Å². The molecule has 1 fully saturated rings. The minimum absolute atomic E-state index is 0.00572. The van der Waals surface area contributed by atoms with Gasteiger partial charge in [-0.05, 0) is 43.1 Å². The van der Waals surface area contributed by atoms with Gasteiger partial charge in [0.15, 0.2) is 11.6 Å². The van der Waals surface area contributed by atoms with E-state index in [9.17, 15) is 13.6 Å². The van der Waals surface area contributed by atoms with Crippen molar-refractivity contribution in [2.75, 3.05) is 37.6 Å². The van der Waals surface area contributed by atoms with Crippen LogP contribution in [0.4, 0.5) is 14.5 Å². The molecule has 2 unspecified atom stereocenters. The summed E-state index contributed by atoms with van der Waals surface area (Å²) in [5.74, 6) is -1.38. The first-order chi connectivity index (χ1) is 14.0. The molecule has 156 valence electrons. The van der Waals surface area contributed by atoms with E-state index in [0.717, 1.165) is 37.7 Å². The summed E-state index contributed by atoms with van der Waals surface area (Å²) >= 11 is 0. The van der Waals surface area contributed by atoms with Gasteiger partial charge in [-0.3, -0.25) is 9.69 Å². The van der Waals surface area contributed by atoms with Crippen molar-refractivity contribution >= 4 is 11.6 Å². The van der Waals surface area contributed by atoms with E-state index in [1.165, 1.54) is 6.07 Å². The van der Waals surface area contributed by atoms with Crippen molar-refractivity contribution in [1.29, 1.82) is 0 Å². The van der Waals surface area contributed by atoms with Crippen LogP contribution in [0.5, 0.6) is 0 Å². The fraction of sp³-hybridized carbons (Fsp3) is 0.435. The molecule has 1 amide bonds. The van der Waals surface area contributed by atoms with Gasteiger partial charge in [0.2, 0.25) is 5.91 Å². The second-order valence-corrected chi connectivity index (χ2v) is 7.48. The minimum Gasteiger partial charge on any atom is -0.371 e. The number of carbonyl (C=O) groups excluding carboxylic acids is 1. The van der Waals surface area contributed by atoms with E-state index < -0.39 is 11.6 Å². The third-order valence-corrected chi connectivity index (χ3v) is 5.66. The molecule has 0 aromatic heterocycles. The number of nitrogens with zero attached hydrogens (tertiary/aromatic N) is 2. The van der Waals surface area contributed by atoms with E-state index in [-0.39, 0.29) is 17.9 Å². The summed E-state index contributed by atoms with van der Waals surface area (Å²) in [4.78, 5) is 17.2. The van der Waals surface area contributed by atoms with E-state index in [4.69, 9.17) is 0 Å². The second-order valence-electron chi connectivity index (χ2n) is 7.48. The first-order valence-corrected chi connectivity index (χ1v) is 10.3.